The summed E-state index contributed by atoms with van der Waals surface area (Å²) in [5.74, 6) is 0.0582. The third-order valence-corrected chi connectivity index (χ3v) is 3.81. The van der Waals surface area contributed by atoms with Crippen molar-refractivity contribution in [3.05, 3.63) is 63.2 Å². The summed E-state index contributed by atoms with van der Waals surface area (Å²) in [4.78, 5) is 24.5. The number of carbonyl (C=O) groups is 1. The van der Waals surface area contributed by atoms with E-state index in [1.54, 1.807) is 30.3 Å². The highest BCUT2D eigenvalue weighted by Crippen LogP contribution is 2.29. The van der Waals surface area contributed by atoms with Gasteiger partial charge in [-0.15, -0.1) is 0 Å². The number of benzene rings is 2. The first kappa shape index (κ1) is 15.3. The van der Waals surface area contributed by atoms with Crippen LogP contribution in [-0.4, -0.2) is 13.2 Å². The fraction of sp³-hybridized carbons (Fsp3) is 0.0588. The van der Waals surface area contributed by atoms with Gasteiger partial charge in [0.25, 0.3) is 0 Å². The summed E-state index contributed by atoms with van der Waals surface area (Å²) < 4.78 is 11.1. The molecule has 0 saturated carbocycles. The van der Waals surface area contributed by atoms with Gasteiger partial charge < -0.3 is 9.15 Å². The maximum Gasteiger partial charge on any atom is 0.413 e. The molecule has 2 aromatic carbocycles. The molecule has 0 aliphatic carbocycles. The Bertz CT molecular complexity index is 934. The van der Waals surface area contributed by atoms with Crippen LogP contribution in [0.2, 0.25) is 0 Å². The van der Waals surface area contributed by atoms with Crippen LogP contribution in [0, 0.1) is 0 Å². The molecule has 3 aromatic rings. The van der Waals surface area contributed by atoms with Crippen molar-refractivity contribution in [3.8, 4) is 11.1 Å². The van der Waals surface area contributed by atoms with Crippen molar-refractivity contribution >= 4 is 38.9 Å². The molecule has 0 saturated heterocycles. The van der Waals surface area contributed by atoms with E-state index in [4.69, 9.17) is 4.42 Å². The minimum absolute atomic E-state index is 0.0582. The second kappa shape index (κ2) is 6.26. The van der Waals surface area contributed by atoms with E-state index in [0.29, 0.717) is 16.5 Å². The zero-order valence-electron chi connectivity index (χ0n) is 12.1. The quantitative estimate of drug-likeness (QED) is 0.722. The number of hydrogen-bond acceptors (Lipinski definition) is 4. The van der Waals surface area contributed by atoms with Gasteiger partial charge in [-0.1, -0.05) is 46.3 Å². The highest BCUT2D eigenvalue weighted by atomic mass is 79.9. The Morgan fingerprint density at radius 1 is 1.17 bits per heavy atom. The SMILES string of the molecule is COC(=O)Nc1oc2ccc(Br)cc2c(=O)c1-c1ccccc1. The molecule has 0 spiro atoms. The molecule has 1 amide bonds. The van der Waals surface area contributed by atoms with Crippen LogP contribution >= 0.6 is 15.9 Å². The number of fused-ring (bicyclic) bond motifs is 1. The van der Waals surface area contributed by atoms with Crippen LogP contribution in [0.3, 0.4) is 0 Å². The molecule has 1 heterocycles. The molecule has 23 heavy (non-hydrogen) atoms. The molecular formula is C17H12BrNO4. The summed E-state index contributed by atoms with van der Waals surface area (Å²) in [6.07, 6.45) is -0.707. The topological polar surface area (TPSA) is 68.5 Å². The summed E-state index contributed by atoms with van der Waals surface area (Å²) >= 11 is 3.35. The maximum absolute atomic E-state index is 12.9. The van der Waals surface area contributed by atoms with E-state index in [1.807, 2.05) is 18.2 Å². The Morgan fingerprint density at radius 2 is 1.91 bits per heavy atom. The first-order chi connectivity index (χ1) is 11.1. The molecule has 6 heteroatoms. The van der Waals surface area contributed by atoms with Crippen LogP contribution in [0.25, 0.3) is 22.1 Å². The van der Waals surface area contributed by atoms with Crippen molar-refractivity contribution in [2.24, 2.45) is 0 Å². The van der Waals surface area contributed by atoms with Crippen molar-refractivity contribution in [1.29, 1.82) is 0 Å². The van der Waals surface area contributed by atoms with E-state index in [2.05, 4.69) is 26.0 Å². The molecule has 1 aromatic heterocycles. The fourth-order valence-electron chi connectivity index (χ4n) is 2.27. The molecule has 0 radical (unpaired) electrons. The van der Waals surface area contributed by atoms with E-state index >= 15 is 0 Å². The van der Waals surface area contributed by atoms with Gasteiger partial charge in [-0.05, 0) is 23.8 Å². The number of anilines is 1. The number of methoxy groups -OCH3 is 1. The largest absolute Gasteiger partial charge is 0.453 e. The molecule has 0 aliphatic heterocycles. The van der Waals surface area contributed by atoms with Gasteiger partial charge in [-0.3, -0.25) is 10.1 Å². The number of ether oxygens (including phenoxy) is 1. The van der Waals surface area contributed by atoms with Gasteiger partial charge in [-0.2, -0.15) is 0 Å². The third kappa shape index (κ3) is 2.98. The number of carbonyl (C=O) groups excluding carboxylic acids is 1. The normalized spacial score (nSPS) is 10.5. The monoisotopic (exact) mass is 373 g/mol. The lowest BCUT2D eigenvalue weighted by molar-refractivity contribution is 0.186. The smallest absolute Gasteiger partial charge is 0.413 e. The average molecular weight is 374 g/mol. The number of hydrogen-bond donors (Lipinski definition) is 1. The van der Waals surface area contributed by atoms with Crippen LogP contribution in [0.1, 0.15) is 0 Å². The maximum atomic E-state index is 12.9. The minimum atomic E-state index is -0.707. The molecule has 1 N–H and O–H groups in total. The second-order valence-electron chi connectivity index (χ2n) is 4.76. The van der Waals surface area contributed by atoms with E-state index in [0.717, 1.165) is 4.47 Å². The Kier molecular flexibility index (Phi) is 4.16. The number of amides is 1. The van der Waals surface area contributed by atoms with Gasteiger partial charge in [0.1, 0.15) is 5.58 Å². The summed E-state index contributed by atoms with van der Waals surface area (Å²) in [7, 11) is 1.24. The van der Waals surface area contributed by atoms with Gasteiger partial charge in [0.05, 0.1) is 18.1 Å². The molecule has 3 rings (SSSR count). The lowest BCUT2D eigenvalue weighted by Gasteiger charge is -2.10. The van der Waals surface area contributed by atoms with E-state index in [9.17, 15) is 9.59 Å². The highest BCUT2D eigenvalue weighted by molar-refractivity contribution is 9.10. The van der Waals surface area contributed by atoms with Gasteiger partial charge in [-0.25, -0.2) is 4.79 Å². The van der Waals surface area contributed by atoms with Crippen LogP contribution in [0.15, 0.2) is 62.2 Å². The van der Waals surface area contributed by atoms with Crippen LogP contribution in [-0.2, 0) is 4.74 Å². The standard InChI is InChI=1S/C17H12BrNO4/c1-22-17(21)19-16-14(10-5-3-2-4-6-10)15(20)12-9-11(18)7-8-13(12)23-16/h2-9H,1H3,(H,19,21). The van der Waals surface area contributed by atoms with Gasteiger partial charge in [0.2, 0.25) is 11.3 Å². The minimum Gasteiger partial charge on any atom is -0.453 e. The lowest BCUT2D eigenvalue weighted by Crippen LogP contribution is -2.16. The van der Waals surface area contributed by atoms with Crippen molar-refractivity contribution in [2.75, 3.05) is 12.4 Å². The highest BCUT2D eigenvalue weighted by Gasteiger charge is 2.18. The van der Waals surface area contributed by atoms with Crippen LogP contribution < -0.4 is 10.7 Å². The third-order valence-electron chi connectivity index (χ3n) is 3.32. The first-order valence-electron chi connectivity index (χ1n) is 6.77. The van der Waals surface area contributed by atoms with Crippen LogP contribution in [0.4, 0.5) is 10.7 Å². The molecule has 116 valence electrons. The number of halogens is 1. The van der Waals surface area contributed by atoms with Crippen molar-refractivity contribution in [2.45, 2.75) is 0 Å². The molecule has 0 atom stereocenters. The first-order valence-corrected chi connectivity index (χ1v) is 7.56. The van der Waals surface area contributed by atoms with Gasteiger partial charge in [0, 0.05) is 4.47 Å². The Hall–Kier alpha value is -2.60. The van der Waals surface area contributed by atoms with Crippen LogP contribution in [0.5, 0.6) is 0 Å². The Balaban J connectivity index is 2.33. The predicted molar refractivity (Wildman–Crippen MR) is 91.6 cm³/mol. The number of nitrogens with one attached hydrogen (secondary N) is 1. The summed E-state index contributed by atoms with van der Waals surface area (Å²) in [5, 5.41) is 2.89. The molecular weight excluding hydrogens is 362 g/mol. The van der Waals surface area contributed by atoms with E-state index < -0.39 is 6.09 Å². The molecule has 0 unspecified atom stereocenters. The summed E-state index contributed by atoms with van der Waals surface area (Å²) in [6.45, 7) is 0. The van der Waals surface area contributed by atoms with Gasteiger partial charge in [0.15, 0.2) is 0 Å². The lowest BCUT2D eigenvalue weighted by atomic mass is 10.0. The zero-order chi connectivity index (χ0) is 16.4. The summed E-state index contributed by atoms with van der Waals surface area (Å²) in [6, 6.07) is 14.1. The fourth-order valence-corrected chi connectivity index (χ4v) is 2.63. The molecule has 0 aliphatic rings. The molecule has 0 fully saturated rings. The van der Waals surface area contributed by atoms with E-state index in [-0.39, 0.29) is 16.9 Å². The molecule has 0 bridgehead atoms. The van der Waals surface area contributed by atoms with Crippen molar-refractivity contribution in [1.82, 2.24) is 0 Å². The summed E-state index contributed by atoms with van der Waals surface area (Å²) in [5.41, 5.74) is 1.07. The van der Waals surface area contributed by atoms with E-state index in [1.165, 1.54) is 7.11 Å². The Morgan fingerprint density at radius 3 is 2.61 bits per heavy atom. The average Bonchev–Trinajstić information content (AvgIpc) is 2.56. The van der Waals surface area contributed by atoms with Crippen molar-refractivity contribution in [3.63, 3.8) is 0 Å². The predicted octanol–water partition coefficient (Wildman–Crippen LogP) is 4.40. The second-order valence-corrected chi connectivity index (χ2v) is 5.67. The van der Waals surface area contributed by atoms with Crippen molar-refractivity contribution < 1.29 is 13.9 Å². The zero-order valence-corrected chi connectivity index (χ0v) is 13.7. The van der Waals surface area contributed by atoms with Gasteiger partial charge >= 0.3 is 6.09 Å². The Labute approximate surface area is 140 Å². The number of rotatable bonds is 2. The molecule has 5 nitrogen and oxygen atoms in total.